The molecule has 0 aromatic carbocycles. The predicted octanol–water partition coefficient (Wildman–Crippen LogP) is 2.44. The molecule has 0 bridgehead atoms. The number of piperidine rings is 1. The monoisotopic (exact) mass is 283 g/mol. The second-order valence-corrected chi connectivity index (χ2v) is 6.00. The van der Waals surface area contributed by atoms with E-state index < -0.39 is 5.97 Å². The summed E-state index contributed by atoms with van der Waals surface area (Å²) in [6, 6.07) is 0.417. The summed E-state index contributed by atoms with van der Waals surface area (Å²) in [4.78, 5) is 18.1. The lowest BCUT2D eigenvalue weighted by Crippen LogP contribution is -2.39. The van der Waals surface area contributed by atoms with Crippen LogP contribution in [0.3, 0.4) is 0 Å². The molecule has 0 saturated carbocycles. The van der Waals surface area contributed by atoms with Crippen LogP contribution in [0.2, 0.25) is 0 Å². The lowest BCUT2D eigenvalue weighted by Gasteiger charge is -2.31. The zero-order valence-corrected chi connectivity index (χ0v) is 12.3. The average molecular weight is 283 g/mol. The number of likely N-dealkylation sites (tertiary alicyclic amines) is 1. The first-order valence-corrected chi connectivity index (χ1v) is 7.61. The van der Waals surface area contributed by atoms with Crippen LogP contribution in [0.5, 0.6) is 0 Å². The van der Waals surface area contributed by atoms with Gasteiger partial charge in [-0.25, -0.2) is 9.78 Å². The number of rotatable bonds is 5. The molecule has 2 rings (SSSR count). The Labute approximate surface area is 117 Å². The molecule has 0 spiro atoms. The summed E-state index contributed by atoms with van der Waals surface area (Å²) in [6.07, 6.45) is 3.40. The van der Waals surface area contributed by atoms with Crippen molar-refractivity contribution in [3.05, 3.63) is 10.6 Å². The average Bonchev–Trinajstić information content (AvgIpc) is 2.73. The molecule has 1 fully saturated rings. The molecule has 0 atom stereocenters. The van der Waals surface area contributed by atoms with Gasteiger partial charge in [-0.15, -0.1) is 0 Å². The summed E-state index contributed by atoms with van der Waals surface area (Å²) in [5.41, 5.74) is 0.600. The Kier molecular flexibility index (Phi) is 4.76. The third kappa shape index (κ3) is 3.67. The van der Waals surface area contributed by atoms with Crippen LogP contribution < -0.4 is 5.32 Å². The standard InChI is InChI=1S/C13H21N3O2S/c1-3-6-16-7-4-10(5-8-16)15-13-14-9(2)11(19-13)12(17)18/h10H,3-8H2,1-2H3,(H,14,15)(H,17,18). The quantitative estimate of drug-likeness (QED) is 0.869. The lowest BCUT2D eigenvalue weighted by molar-refractivity contribution is 0.0701. The summed E-state index contributed by atoms with van der Waals surface area (Å²) in [5, 5.41) is 13.1. The summed E-state index contributed by atoms with van der Waals surface area (Å²) in [5.74, 6) is -0.888. The minimum atomic E-state index is -0.888. The molecule has 0 aliphatic carbocycles. The molecule has 1 saturated heterocycles. The Morgan fingerprint density at radius 2 is 2.21 bits per heavy atom. The van der Waals surface area contributed by atoms with E-state index in [0.717, 1.165) is 31.1 Å². The van der Waals surface area contributed by atoms with Gasteiger partial charge < -0.3 is 15.3 Å². The van der Waals surface area contributed by atoms with Crippen molar-refractivity contribution >= 4 is 22.4 Å². The maximum atomic E-state index is 11.0. The fraction of sp³-hybridized carbons (Fsp3) is 0.692. The Hall–Kier alpha value is -1.14. The highest BCUT2D eigenvalue weighted by Gasteiger charge is 2.20. The van der Waals surface area contributed by atoms with Crippen LogP contribution in [0.4, 0.5) is 5.13 Å². The second kappa shape index (κ2) is 6.34. The molecule has 2 N–H and O–H groups in total. The van der Waals surface area contributed by atoms with Crippen LogP contribution in [-0.4, -0.2) is 46.6 Å². The van der Waals surface area contributed by atoms with Crippen LogP contribution in [0.15, 0.2) is 0 Å². The van der Waals surface area contributed by atoms with E-state index in [-0.39, 0.29) is 0 Å². The summed E-state index contributed by atoms with van der Waals surface area (Å²) in [7, 11) is 0. The Balaban J connectivity index is 1.89. The number of carbonyl (C=O) groups is 1. The number of carboxylic acids is 1. The first-order chi connectivity index (χ1) is 9.10. The summed E-state index contributed by atoms with van der Waals surface area (Å²) < 4.78 is 0. The molecule has 1 aromatic rings. The normalized spacial score (nSPS) is 17.6. The van der Waals surface area contributed by atoms with Crippen LogP contribution >= 0.6 is 11.3 Å². The SMILES string of the molecule is CCCN1CCC(Nc2nc(C)c(C(=O)O)s2)CC1. The van der Waals surface area contributed by atoms with E-state index in [9.17, 15) is 4.79 Å². The van der Waals surface area contributed by atoms with Gasteiger partial charge in [0.2, 0.25) is 0 Å². The van der Waals surface area contributed by atoms with E-state index in [1.807, 2.05) is 0 Å². The van der Waals surface area contributed by atoms with E-state index in [1.165, 1.54) is 24.3 Å². The molecule has 19 heavy (non-hydrogen) atoms. The molecule has 1 aliphatic heterocycles. The van der Waals surface area contributed by atoms with E-state index in [4.69, 9.17) is 5.11 Å². The minimum absolute atomic E-state index is 0.339. The highest BCUT2D eigenvalue weighted by atomic mass is 32.1. The Bertz CT molecular complexity index is 439. The predicted molar refractivity (Wildman–Crippen MR) is 77.2 cm³/mol. The van der Waals surface area contributed by atoms with Crippen molar-refractivity contribution < 1.29 is 9.90 Å². The third-order valence-electron chi connectivity index (χ3n) is 3.45. The smallest absolute Gasteiger partial charge is 0.347 e. The number of thiazole rings is 1. The number of anilines is 1. The van der Waals surface area contributed by atoms with Gasteiger partial charge in [0, 0.05) is 19.1 Å². The number of nitrogens with one attached hydrogen (secondary N) is 1. The highest BCUT2D eigenvalue weighted by molar-refractivity contribution is 7.17. The number of nitrogens with zero attached hydrogens (tertiary/aromatic N) is 2. The molecule has 2 heterocycles. The van der Waals surface area contributed by atoms with Gasteiger partial charge in [0.15, 0.2) is 5.13 Å². The first-order valence-electron chi connectivity index (χ1n) is 6.79. The Morgan fingerprint density at radius 1 is 1.53 bits per heavy atom. The molecule has 1 aromatic heterocycles. The van der Waals surface area contributed by atoms with Crippen molar-refractivity contribution in [3.63, 3.8) is 0 Å². The second-order valence-electron chi connectivity index (χ2n) is 5.00. The summed E-state index contributed by atoms with van der Waals surface area (Å²) >= 11 is 1.24. The van der Waals surface area contributed by atoms with Crippen molar-refractivity contribution in [1.29, 1.82) is 0 Å². The third-order valence-corrected chi connectivity index (χ3v) is 4.52. The molecular weight excluding hydrogens is 262 g/mol. The Morgan fingerprint density at radius 3 is 2.74 bits per heavy atom. The molecule has 0 amide bonds. The van der Waals surface area contributed by atoms with Gasteiger partial charge in [0.25, 0.3) is 0 Å². The molecule has 106 valence electrons. The molecule has 0 unspecified atom stereocenters. The highest BCUT2D eigenvalue weighted by Crippen LogP contribution is 2.25. The molecule has 5 nitrogen and oxygen atoms in total. The van der Waals surface area contributed by atoms with Gasteiger partial charge in [0.1, 0.15) is 4.88 Å². The maximum absolute atomic E-state index is 11.0. The van der Waals surface area contributed by atoms with E-state index in [0.29, 0.717) is 16.6 Å². The lowest BCUT2D eigenvalue weighted by atomic mass is 10.1. The molecular formula is C13H21N3O2S. The number of aryl methyl sites for hydroxylation is 1. The van der Waals surface area contributed by atoms with Gasteiger partial charge >= 0.3 is 5.97 Å². The molecule has 6 heteroatoms. The topological polar surface area (TPSA) is 65.5 Å². The number of carboxylic acid groups (broad SMARTS) is 1. The first kappa shape index (κ1) is 14.3. The van der Waals surface area contributed by atoms with E-state index in [1.54, 1.807) is 6.92 Å². The number of aromatic nitrogens is 1. The van der Waals surface area contributed by atoms with Crippen molar-refractivity contribution in [1.82, 2.24) is 9.88 Å². The van der Waals surface area contributed by atoms with Crippen LogP contribution in [0.1, 0.15) is 41.6 Å². The maximum Gasteiger partial charge on any atom is 0.347 e. The number of hydrogen-bond acceptors (Lipinski definition) is 5. The largest absolute Gasteiger partial charge is 0.477 e. The number of hydrogen-bond donors (Lipinski definition) is 2. The van der Waals surface area contributed by atoms with Crippen LogP contribution in [-0.2, 0) is 0 Å². The van der Waals surface area contributed by atoms with E-state index in [2.05, 4.69) is 22.1 Å². The van der Waals surface area contributed by atoms with Gasteiger partial charge in [-0.1, -0.05) is 18.3 Å². The molecule has 1 aliphatic rings. The zero-order chi connectivity index (χ0) is 13.8. The number of aromatic carboxylic acids is 1. The van der Waals surface area contributed by atoms with Crippen molar-refractivity contribution in [2.24, 2.45) is 0 Å². The van der Waals surface area contributed by atoms with Crippen molar-refractivity contribution in [2.45, 2.75) is 39.2 Å². The van der Waals surface area contributed by atoms with Crippen molar-refractivity contribution in [3.8, 4) is 0 Å². The summed E-state index contributed by atoms with van der Waals surface area (Å²) in [6.45, 7) is 7.35. The van der Waals surface area contributed by atoms with Gasteiger partial charge in [-0.2, -0.15) is 0 Å². The van der Waals surface area contributed by atoms with E-state index >= 15 is 0 Å². The van der Waals surface area contributed by atoms with Crippen LogP contribution in [0, 0.1) is 6.92 Å². The van der Waals surface area contributed by atoms with Gasteiger partial charge in [0.05, 0.1) is 5.69 Å². The fourth-order valence-corrected chi connectivity index (χ4v) is 3.33. The van der Waals surface area contributed by atoms with Gasteiger partial charge in [-0.3, -0.25) is 0 Å². The molecule has 0 radical (unpaired) electrons. The zero-order valence-electron chi connectivity index (χ0n) is 11.5. The van der Waals surface area contributed by atoms with Crippen LogP contribution in [0.25, 0.3) is 0 Å². The fourth-order valence-electron chi connectivity index (χ4n) is 2.45. The minimum Gasteiger partial charge on any atom is -0.477 e. The van der Waals surface area contributed by atoms with Crippen molar-refractivity contribution in [2.75, 3.05) is 25.0 Å². The van der Waals surface area contributed by atoms with Gasteiger partial charge in [-0.05, 0) is 32.7 Å².